The molecule has 0 aliphatic heterocycles. The SMILES string of the molecule is CC(Cc1cc[c]cc1)C(N)=O. The van der Waals surface area contributed by atoms with Crippen LogP contribution in [-0.4, -0.2) is 5.91 Å². The van der Waals surface area contributed by atoms with Crippen molar-refractivity contribution in [1.82, 2.24) is 0 Å². The normalized spacial score (nSPS) is 12.4. The molecule has 1 amide bonds. The first kappa shape index (κ1) is 8.78. The Balaban J connectivity index is 2.58. The molecule has 2 nitrogen and oxygen atoms in total. The van der Waals surface area contributed by atoms with Crippen molar-refractivity contribution < 1.29 is 4.79 Å². The van der Waals surface area contributed by atoms with Gasteiger partial charge in [0.15, 0.2) is 0 Å². The minimum Gasteiger partial charge on any atom is -0.369 e. The van der Waals surface area contributed by atoms with Crippen LogP contribution in [-0.2, 0) is 11.2 Å². The molecule has 0 bridgehead atoms. The molecule has 2 N–H and O–H groups in total. The van der Waals surface area contributed by atoms with Crippen molar-refractivity contribution in [3.8, 4) is 0 Å². The summed E-state index contributed by atoms with van der Waals surface area (Å²) in [4.78, 5) is 10.7. The smallest absolute Gasteiger partial charge is 0.220 e. The van der Waals surface area contributed by atoms with Crippen LogP contribution in [0.5, 0.6) is 0 Å². The number of nitrogens with two attached hydrogens (primary N) is 1. The predicted octanol–water partition coefficient (Wildman–Crippen LogP) is 1.15. The fourth-order valence-electron chi connectivity index (χ4n) is 1.01. The van der Waals surface area contributed by atoms with Gasteiger partial charge >= 0.3 is 0 Å². The number of benzene rings is 1. The molecule has 1 atom stereocenters. The quantitative estimate of drug-likeness (QED) is 0.711. The number of rotatable bonds is 3. The Hall–Kier alpha value is -1.31. The Kier molecular flexibility index (Phi) is 2.86. The van der Waals surface area contributed by atoms with Crippen molar-refractivity contribution in [2.75, 3.05) is 0 Å². The van der Waals surface area contributed by atoms with Gasteiger partial charge in [0, 0.05) is 5.92 Å². The highest BCUT2D eigenvalue weighted by Gasteiger charge is 2.08. The standard InChI is InChI=1S/C10H12NO/c1-8(10(11)12)7-9-5-3-2-4-6-9/h3-6,8H,7H2,1H3,(H2,11,12). The van der Waals surface area contributed by atoms with E-state index in [2.05, 4.69) is 6.07 Å². The molecule has 63 valence electrons. The highest BCUT2D eigenvalue weighted by Crippen LogP contribution is 2.06. The van der Waals surface area contributed by atoms with E-state index < -0.39 is 0 Å². The zero-order chi connectivity index (χ0) is 8.97. The average Bonchev–Trinajstić information content (AvgIpc) is 2.06. The predicted molar refractivity (Wildman–Crippen MR) is 47.3 cm³/mol. The van der Waals surface area contributed by atoms with Crippen LogP contribution >= 0.6 is 0 Å². The van der Waals surface area contributed by atoms with Gasteiger partial charge in [-0.2, -0.15) is 0 Å². The second-order valence-electron chi connectivity index (χ2n) is 2.92. The lowest BCUT2D eigenvalue weighted by Crippen LogP contribution is -2.22. The van der Waals surface area contributed by atoms with Crippen molar-refractivity contribution in [1.29, 1.82) is 0 Å². The maximum atomic E-state index is 10.7. The maximum absolute atomic E-state index is 10.7. The first-order valence-corrected chi connectivity index (χ1v) is 3.94. The van der Waals surface area contributed by atoms with Crippen molar-refractivity contribution in [2.45, 2.75) is 13.3 Å². The highest BCUT2D eigenvalue weighted by molar-refractivity contribution is 5.76. The average molecular weight is 162 g/mol. The third-order valence-corrected chi connectivity index (χ3v) is 1.81. The number of primary amides is 1. The lowest BCUT2D eigenvalue weighted by molar-refractivity contribution is -0.121. The number of carbonyl (C=O) groups excluding carboxylic acids is 1. The summed E-state index contributed by atoms with van der Waals surface area (Å²) in [5.74, 6) is -0.338. The van der Waals surface area contributed by atoms with E-state index in [4.69, 9.17) is 5.73 Å². The molecule has 1 aromatic rings. The van der Waals surface area contributed by atoms with E-state index in [0.717, 1.165) is 5.56 Å². The molecule has 0 aliphatic carbocycles. The molecule has 0 saturated heterocycles. The zero-order valence-corrected chi connectivity index (χ0v) is 7.08. The Bertz CT molecular complexity index is 256. The minimum absolute atomic E-state index is 0.0904. The summed E-state index contributed by atoms with van der Waals surface area (Å²) < 4.78 is 0. The van der Waals surface area contributed by atoms with Crippen LogP contribution in [0.4, 0.5) is 0 Å². The molecular weight excluding hydrogens is 150 g/mol. The molecule has 0 heterocycles. The topological polar surface area (TPSA) is 43.1 Å². The van der Waals surface area contributed by atoms with Gasteiger partial charge in [-0.25, -0.2) is 0 Å². The first-order chi connectivity index (χ1) is 5.70. The maximum Gasteiger partial charge on any atom is 0.220 e. The molecule has 2 heteroatoms. The van der Waals surface area contributed by atoms with Gasteiger partial charge in [0.25, 0.3) is 0 Å². The van der Waals surface area contributed by atoms with Gasteiger partial charge in [-0.15, -0.1) is 0 Å². The van der Waals surface area contributed by atoms with Crippen LogP contribution in [0.15, 0.2) is 24.3 Å². The molecule has 0 aromatic heterocycles. The largest absolute Gasteiger partial charge is 0.369 e. The van der Waals surface area contributed by atoms with Crippen molar-refractivity contribution >= 4 is 5.91 Å². The van der Waals surface area contributed by atoms with E-state index in [0.29, 0.717) is 6.42 Å². The van der Waals surface area contributed by atoms with Gasteiger partial charge in [0.05, 0.1) is 0 Å². The van der Waals surface area contributed by atoms with Crippen molar-refractivity contribution in [3.63, 3.8) is 0 Å². The van der Waals surface area contributed by atoms with Crippen LogP contribution in [0.2, 0.25) is 0 Å². The summed E-state index contributed by atoms with van der Waals surface area (Å²) >= 11 is 0. The summed E-state index contributed by atoms with van der Waals surface area (Å²) in [6.07, 6.45) is 0.712. The van der Waals surface area contributed by atoms with Crippen LogP contribution in [0.3, 0.4) is 0 Å². The molecular formula is C10H12NO. The summed E-state index contributed by atoms with van der Waals surface area (Å²) in [6, 6.07) is 10.5. The minimum atomic E-state index is -0.247. The van der Waals surface area contributed by atoms with Gasteiger partial charge in [0.2, 0.25) is 5.91 Å². The lowest BCUT2D eigenvalue weighted by Gasteiger charge is -2.05. The third kappa shape index (κ3) is 2.38. The van der Waals surface area contributed by atoms with Gasteiger partial charge in [-0.1, -0.05) is 31.2 Å². The second-order valence-corrected chi connectivity index (χ2v) is 2.92. The number of hydrogen-bond acceptors (Lipinski definition) is 1. The molecule has 0 aliphatic rings. The molecule has 12 heavy (non-hydrogen) atoms. The Labute approximate surface area is 72.4 Å². The Morgan fingerprint density at radius 1 is 1.58 bits per heavy atom. The molecule has 0 saturated carbocycles. The zero-order valence-electron chi connectivity index (χ0n) is 7.08. The van der Waals surface area contributed by atoms with Gasteiger partial charge < -0.3 is 5.73 Å². The summed E-state index contributed by atoms with van der Waals surface area (Å²) in [5, 5.41) is 0. The monoisotopic (exact) mass is 162 g/mol. The van der Waals surface area contributed by atoms with Gasteiger partial charge in [-0.3, -0.25) is 4.79 Å². The molecule has 0 fully saturated rings. The first-order valence-electron chi connectivity index (χ1n) is 3.94. The van der Waals surface area contributed by atoms with Crippen molar-refractivity contribution in [3.05, 3.63) is 35.9 Å². The molecule has 1 rings (SSSR count). The summed E-state index contributed by atoms with van der Waals surface area (Å²) in [7, 11) is 0. The third-order valence-electron chi connectivity index (χ3n) is 1.81. The molecule has 1 aromatic carbocycles. The van der Waals surface area contributed by atoms with E-state index in [9.17, 15) is 4.79 Å². The number of carbonyl (C=O) groups is 1. The Morgan fingerprint density at radius 3 is 2.67 bits per heavy atom. The van der Waals surface area contributed by atoms with Crippen molar-refractivity contribution in [2.24, 2.45) is 11.7 Å². The second kappa shape index (κ2) is 3.90. The van der Waals surface area contributed by atoms with E-state index >= 15 is 0 Å². The van der Waals surface area contributed by atoms with Crippen LogP contribution < -0.4 is 5.73 Å². The summed E-state index contributed by atoms with van der Waals surface area (Å²) in [6.45, 7) is 1.83. The van der Waals surface area contributed by atoms with E-state index in [-0.39, 0.29) is 11.8 Å². The van der Waals surface area contributed by atoms with Gasteiger partial charge in [0.1, 0.15) is 0 Å². The highest BCUT2D eigenvalue weighted by atomic mass is 16.1. The van der Waals surface area contributed by atoms with E-state index in [1.165, 1.54) is 0 Å². The van der Waals surface area contributed by atoms with Gasteiger partial charge in [-0.05, 0) is 18.1 Å². The summed E-state index contributed by atoms with van der Waals surface area (Å²) in [5.41, 5.74) is 6.26. The molecule has 1 radical (unpaired) electrons. The van der Waals surface area contributed by atoms with E-state index in [1.807, 2.05) is 31.2 Å². The number of hydrogen-bond donors (Lipinski definition) is 1. The Morgan fingerprint density at radius 2 is 2.17 bits per heavy atom. The lowest BCUT2D eigenvalue weighted by atomic mass is 10.0. The van der Waals surface area contributed by atoms with Crippen LogP contribution in [0.1, 0.15) is 12.5 Å². The van der Waals surface area contributed by atoms with E-state index in [1.54, 1.807) is 0 Å². The number of amides is 1. The van der Waals surface area contributed by atoms with Crippen LogP contribution in [0, 0.1) is 12.0 Å². The van der Waals surface area contributed by atoms with Crippen LogP contribution in [0.25, 0.3) is 0 Å². The molecule has 0 spiro atoms. The fourth-order valence-corrected chi connectivity index (χ4v) is 1.01. The fraction of sp³-hybridized carbons (Fsp3) is 0.300. The molecule has 1 unspecified atom stereocenters.